The van der Waals surface area contributed by atoms with Crippen LogP contribution >= 0.6 is 0 Å². The number of rotatable bonds is 4. The minimum absolute atomic E-state index is 0.149. The Morgan fingerprint density at radius 3 is 2.58 bits per heavy atom. The molecule has 8 heteroatoms. The zero-order chi connectivity index (χ0) is 21.8. The van der Waals surface area contributed by atoms with E-state index in [0.29, 0.717) is 33.2 Å². The molecule has 3 aromatic heterocycles. The predicted octanol–water partition coefficient (Wildman–Crippen LogP) is 4.43. The average Bonchev–Trinajstić information content (AvgIpc) is 3.35. The monoisotopic (exact) mass is 431 g/mol. The maximum Gasteiger partial charge on any atom is 0.335 e. The summed E-state index contributed by atoms with van der Waals surface area (Å²) in [4.78, 5) is 18.9. The lowest BCUT2D eigenvalue weighted by Gasteiger charge is -2.11. The van der Waals surface area contributed by atoms with Gasteiger partial charge in [-0.3, -0.25) is 0 Å². The first-order valence-electron chi connectivity index (χ1n) is 9.50. The molecule has 154 valence electrons. The Hall–Kier alpha value is -3.91. The van der Waals surface area contributed by atoms with Crippen LogP contribution in [0.25, 0.3) is 33.2 Å². The molecule has 7 nitrogen and oxygen atoms in total. The summed E-state index contributed by atoms with van der Waals surface area (Å²) in [6.07, 6.45) is 3.24. The fourth-order valence-electron chi connectivity index (χ4n) is 3.73. The molecular weight excluding hydrogens is 414 g/mol. The first kappa shape index (κ1) is 19.1. The van der Waals surface area contributed by atoms with Crippen molar-refractivity contribution in [2.24, 2.45) is 0 Å². The second kappa shape index (κ2) is 6.82. The summed E-state index contributed by atoms with van der Waals surface area (Å²) in [6.45, 7) is 1.89. The van der Waals surface area contributed by atoms with Crippen LogP contribution in [0, 0.1) is 6.92 Å². The largest absolute Gasteiger partial charge is 0.478 e. The Bertz CT molecular complexity index is 1580. The van der Waals surface area contributed by atoms with E-state index in [9.17, 15) is 18.3 Å². The molecule has 5 rings (SSSR count). The van der Waals surface area contributed by atoms with Gasteiger partial charge in [-0.25, -0.2) is 22.2 Å². The van der Waals surface area contributed by atoms with Crippen LogP contribution in [0.1, 0.15) is 15.9 Å². The van der Waals surface area contributed by atoms with Gasteiger partial charge in [0.25, 0.3) is 10.0 Å². The van der Waals surface area contributed by atoms with Gasteiger partial charge in [0.1, 0.15) is 0 Å². The number of aryl methyl sites for hydroxylation is 1. The molecular formula is C23H17N3O4S. The van der Waals surface area contributed by atoms with E-state index in [-0.39, 0.29) is 10.5 Å². The smallest absolute Gasteiger partial charge is 0.335 e. The average molecular weight is 431 g/mol. The van der Waals surface area contributed by atoms with Gasteiger partial charge in [0.2, 0.25) is 0 Å². The van der Waals surface area contributed by atoms with Crippen molar-refractivity contribution >= 4 is 37.9 Å². The number of benzene rings is 2. The Morgan fingerprint density at radius 2 is 1.84 bits per heavy atom. The van der Waals surface area contributed by atoms with E-state index in [2.05, 4.69) is 9.97 Å². The van der Waals surface area contributed by atoms with Gasteiger partial charge >= 0.3 is 5.97 Å². The number of carboxylic acid groups (broad SMARTS) is 1. The zero-order valence-corrected chi connectivity index (χ0v) is 17.2. The number of hydrogen-bond donors (Lipinski definition) is 2. The maximum absolute atomic E-state index is 13.7. The van der Waals surface area contributed by atoms with Crippen LogP contribution in [0.2, 0.25) is 0 Å². The molecule has 0 saturated carbocycles. The van der Waals surface area contributed by atoms with Crippen molar-refractivity contribution in [1.29, 1.82) is 0 Å². The van der Waals surface area contributed by atoms with Gasteiger partial charge in [-0.1, -0.05) is 23.8 Å². The summed E-state index contributed by atoms with van der Waals surface area (Å²) in [6, 6.07) is 16.7. The molecule has 0 saturated heterocycles. The number of aromatic amines is 1. The summed E-state index contributed by atoms with van der Waals surface area (Å²) in [5.74, 6) is -1.03. The van der Waals surface area contributed by atoms with Crippen LogP contribution < -0.4 is 0 Å². The fraction of sp³-hybridized carbons (Fsp3) is 0.0435. The maximum atomic E-state index is 13.7. The third-order valence-corrected chi connectivity index (χ3v) is 7.00. The Labute approximate surface area is 177 Å². The van der Waals surface area contributed by atoms with Crippen LogP contribution in [0.4, 0.5) is 0 Å². The summed E-state index contributed by atoms with van der Waals surface area (Å²) >= 11 is 0. The summed E-state index contributed by atoms with van der Waals surface area (Å²) in [5.41, 5.74) is 3.13. The molecule has 31 heavy (non-hydrogen) atoms. The van der Waals surface area contributed by atoms with E-state index >= 15 is 0 Å². The van der Waals surface area contributed by atoms with Gasteiger partial charge in [-0.2, -0.15) is 0 Å². The highest BCUT2D eigenvalue weighted by Crippen LogP contribution is 2.35. The first-order valence-corrected chi connectivity index (χ1v) is 10.9. The number of fused-ring (bicyclic) bond motifs is 2. The van der Waals surface area contributed by atoms with Crippen molar-refractivity contribution in [3.05, 3.63) is 84.2 Å². The molecule has 0 aliphatic rings. The molecule has 0 unspecified atom stereocenters. The number of pyridine rings is 1. The van der Waals surface area contributed by atoms with E-state index in [1.54, 1.807) is 54.9 Å². The highest BCUT2D eigenvalue weighted by Gasteiger charge is 2.26. The minimum Gasteiger partial charge on any atom is -0.478 e. The molecule has 0 atom stereocenters. The van der Waals surface area contributed by atoms with Crippen molar-refractivity contribution in [2.45, 2.75) is 11.8 Å². The van der Waals surface area contributed by atoms with E-state index in [1.807, 2.05) is 13.0 Å². The minimum atomic E-state index is -3.94. The zero-order valence-electron chi connectivity index (χ0n) is 16.4. The number of aromatic nitrogens is 3. The molecule has 0 fully saturated rings. The second-order valence-corrected chi connectivity index (χ2v) is 9.08. The first-order chi connectivity index (χ1) is 14.9. The van der Waals surface area contributed by atoms with Crippen molar-refractivity contribution in [2.75, 3.05) is 0 Å². The number of nitrogens with zero attached hydrogens (tertiary/aromatic N) is 2. The van der Waals surface area contributed by atoms with Gasteiger partial charge in [0.05, 0.1) is 16.2 Å². The van der Waals surface area contributed by atoms with Crippen LogP contribution in [-0.2, 0) is 10.0 Å². The Kier molecular flexibility index (Phi) is 4.19. The predicted molar refractivity (Wildman–Crippen MR) is 118 cm³/mol. The summed E-state index contributed by atoms with van der Waals surface area (Å²) in [7, 11) is -3.94. The number of hydrogen-bond acceptors (Lipinski definition) is 4. The lowest BCUT2D eigenvalue weighted by Crippen LogP contribution is -2.14. The highest BCUT2D eigenvalue weighted by atomic mass is 32.2. The third-order valence-electron chi connectivity index (χ3n) is 5.28. The molecule has 0 radical (unpaired) electrons. The van der Waals surface area contributed by atoms with E-state index in [4.69, 9.17) is 0 Å². The van der Waals surface area contributed by atoms with Crippen LogP contribution in [0.5, 0.6) is 0 Å². The van der Waals surface area contributed by atoms with Crippen LogP contribution in [0.3, 0.4) is 0 Å². The number of nitrogens with one attached hydrogen (secondary N) is 1. The Balaban J connectivity index is 1.81. The summed E-state index contributed by atoms with van der Waals surface area (Å²) < 4.78 is 28.6. The third kappa shape index (κ3) is 3.00. The molecule has 0 aliphatic carbocycles. The van der Waals surface area contributed by atoms with Crippen LogP contribution in [-0.4, -0.2) is 33.4 Å². The van der Waals surface area contributed by atoms with Gasteiger partial charge in [-0.05, 0) is 49.4 Å². The van der Waals surface area contributed by atoms with Crippen molar-refractivity contribution in [3.63, 3.8) is 0 Å². The quantitative estimate of drug-likeness (QED) is 0.438. The van der Waals surface area contributed by atoms with E-state index in [0.717, 1.165) is 5.56 Å². The standard InChI is InChI=1S/C23H17N3O4S/c1-14-4-7-17(8-5-14)31(29,30)26-21(12-15-3-2-10-24-22(15)26)19-13-25-20-11-16(23(27)28)6-9-18(19)20/h2-13,25H,1H3,(H,27,28). The molecule has 2 N–H and O–H groups in total. The van der Waals surface area contributed by atoms with Gasteiger partial charge in [0.15, 0.2) is 5.65 Å². The number of aromatic carboxylic acids is 1. The lowest BCUT2D eigenvalue weighted by molar-refractivity contribution is 0.0697. The van der Waals surface area contributed by atoms with E-state index in [1.165, 1.54) is 16.1 Å². The fourth-order valence-corrected chi connectivity index (χ4v) is 5.21. The molecule has 2 aromatic carbocycles. The topological polar surface area (TPSA) is 105 Å². The second-order valence-electron chi connectivity index (χ2n) is 7.30. The SMILES string of the molecule is Cc1ccc(S(=O)(=O)n2c(-c3c[nH]c4cc(C(=O)O)ccc34)cc3cccnc32)cc1. The highest BCUT2D eigenvalue weighted by molar-refractivity contribution is 7.90. The molecule has 0 spiro atoms. The number of carboxylic acids is 1. The van der Waals surface area contributed by atoms with Gasteiger partial charge in [0, 0.05) is 34.2 Å². The lowest BCUT2D eigenvalue weighted by atomic mass is 10.1. The molecule has 0 aliphatic heterocycles. The number of H-pyrrole nitrogens is 1. The van der Waals surface area contributed by atoms with Gasteiger partial charge in [-0.15, -0.1) is 0 Å². The van der Waals surface area contributed by atoms with E-state index < -0.39 is 16.0 Å². The van der Waals surface area contributed by atoms with Crippen molar-refractivity contribution in [3.8, 4) is 11.3 Å². The van der Waals surface area contributed by atoms with Crippen molar-refractivity contribution in [1.82, 2.24) is 13.9 Å². The van der Waals surface area contributed by atoms with Crippen LogP contribution in [0.15, 0.2) is 78.0 Å². The van der Waals surface area contributed by atoms with Gasteiger partial charge < -0.3 is 10.1 Å². The normalized spacial score (nSPS) is 11.9. The Morgan fingerprint density at radius 1 is 1.06 bits per heavy atom. The van der Waals surface area contributed by atoms with Crippen molar-refractivity contribution < 1.29 is 18.3 Å². The number of carbonyl (C=O) groups is 1. The molecule has 0 bridgehead atoms. The molecule has 0 amide bonds. The molecule has 5 aromatic rings. The summed E-state index contributed by atoms with van der Waals surface area (Å²) in [5, 5.41) is 10.7. The molecule has 3 heterocycles.